The van der Waals surface area contributed by atoms with Crippen LogP contribution in [-0.4, -0.2) is 29.5 Å². The first-order valence-electron chi connectivity index (χ1n) is 9.03. The van der Waals surface area contributed by atoms with Crippen LogP contribution >= 0.6 is 0 Å². The summed E-state index contributed by atoms with van der Waals surface area (Å²) < 4.78 is 21.1. The fourth-order valence-electron chi connectivity index (χ4n) is 3.10. The molecule has 6 nitrogen and oxygen atoms in total. The van der Waals surface area contributed by atoms with Crippen LogP contribution in [0.25, 0.3) is 16.9 Å². The second kappa shape index (κ2) is 7.33. The first-order chi connectivity index (χ1) is 13.6. The van der Waals surface area contributed by atoms with E-state index in [0.29, 0.717) is 17.3 Å². The summed E-state index contributed by atoms with van der Waals surface area (Å²) in [6.45, 7) is 0.752. The molecule has 3 N–H and O–H groups in total. The second-order valence-corrected chi connectivity index (χ2v) is 6.87. The highest BCUT2D eigenvalue weighted by atomic mass is 19.1. The van der Waals surface area contributed by atoms with Crippen molar-refractivity contribution < 1.29 is 9.13 Å². The smallest absolute Gasteiger partial charge is 0.149 e. The monoisotopic (exact) mass is 377 g/mol. The predicted octanol–water partition coefficient (Wildman–Crippen LogP) is 3.32. The van der Waals surface area contributed by atoms with Crippen LogP contribution in [-0.2, 0) is 0 Å². The van der Waals surface area contributed by atoms with E-state index in [9.17, 15) is 4.39 Å². The van der Waals surface area contributed by atoms with Crippen LogP contribution in [0, 0.1) is 23.1 Å². The van der Waals surface area contributed by atoms with Gasteiger partial charge in [-0.2, -0.15) is 5.26 Å². The molecule has 0 aliphatic heterocycles. The maximum Gasteiger partial charge on any atom is 0.149 e. The number of ether oxygens (including phenoxy) is 1. The molecular formula is C21H20FN5O. The molecule has 0 amide bonds. The molecule has 1 aliphatic rings. The molecule has 2 atom stereocenters. The first-order valence-corrected chi connectivity index (χ1v) is 9.03. The number of hydrogen-bond donors (Lipinski definition) is 2. The minimum Gasteiger partial charge on any atom is -0.497 e. The highest BCUT2D eigenvalue weighted by molar-refractivity contribution is 5.67. The van der Waals surface area contributed by atoms with Crippen molar-refractivity contribution in [2.75, 3.05) is 19.0 Å². The van der Waals surface area contributed by atoms with Crippen LogP contribution in [0.5, 0.6) is 5.75 Å². The van der Waals surface area contributed by atoms with Crippen molar-refractivity contribution >= 4 is 5.82 Å². The van der Waals surface area contributed by atoms with Crippen molar-refractivity contribution in [2.45, 2.75) is 12.5 Å². The molecule has 3 aromatic rings. The summed E-state index contributed by atoms with van der Waals surface area (Å²) in [6, 6.07) is 16.0. The van der Waals surface area contributed by atoms with Gasteiger partial charge in [0.1, 0.15) is 23.5 Å². The summed E-state index contributed by atoms with van der Waals surface area (Å²) in [4.78, 5) is 0. The molecule has 142 valence electrons. The fraction of sp³-hybridized carbons (Fsp3) is 0.238. The van der Waals surface area contributed by atoms with Crippen molar-refractivity contribution in [3.63, 3.8) is 0 Å². The van der Waals surface area contributed by atoms with E-state index in [-0.39, 0.29) is 11.6 Å². The topological polar surface area (TPSA) is 88.9 Å². The van der Waals surface area contributed by atoms with Crippen molar-refractivity contribution in [2.24, 2.45) is 11.7 Å². The van der Waals surface area contributed by atoms with Gasteiger partial charge in [-0.3, -0.25) is 0 Å². The van der Waals surface area contributed by atoms with Crippen LogP contribution in [0.4, 0.5) is 10.2 Å². The molecular weight excluding hydrogens is 357 g/mol. The summed E-state index contributed by atoms with van der Waals surface area (Å²) in [5, 5.41) is 16.9. The standard InChI is InChI=1S/C21H20FN5O/c1-28-17-6-4-16(5-7-17)27-20(13-2-3-14(11-23)18(22)8-13)10-21(26-27)25-12-15-9-19(15)24/h2-8,10,15,19H,9,12,24H2,1H3,(H,25,26). The van der Waals surface area contributed by atoms with Crippen LogP contribution in [0.2, 0.25) is 0 Å². The fourth-order valence-corrected chi connectivity index (χ4v) is 3.10. The van der Waals surface area contributed by atoms with Crippen LogP contribution in [0.3, 0.4) is 0 Å². The average molecular weight is 377 g/mol. The van der Waals surface area contributed by atoms with Crippen molar-refractivity contribution in [1.29, 1.82) is 5.26 Å². The molecule has 0 radical (unpaired) electrons. The largest absolute Gasteiger partial charge is 0.497 e. The van der Waals surface area contributed by atoms with Crippen LogP contribution < -0.4 is 15.8 Å². The zero-order chi connectivity index (χ0) is 19.7. The molecule has 2 aromatic carbocycles. The molecule has 1 saturated carbocycles. The first kappa shape index (κ1) is 18.0. The van der Waals surface area contributed by atoms with Gasteiger partial charge < -0.3 is 15.8 Å². The van der Waals surface area contributed by atoms with E-state index in [4.69, 9.17) is 15.7 Å². The Kier molecular flexibility index (Phi) is 4.72. The minimum absolute atomic E-state index is 0.0142. The number of nitrogens with one attached hydrogen (secondary N) is 1. The van der Waals surface area contributed by atoms with Gasteiger partial charge in [-0.25, -0.2) is 9.07 Å². The molecule has 1 aliphatic carbocycles. The number of aromatic nitrogens is 2. The quantitative estimate of drug-likeness (QED) is 0.688. The normalized spacial score (nSPS) is 17.8. The molecule has 1 aromatic heterocycles. The Hall–Kier alpha value is -3.37. The van der Waals surface area contributed by atoms with Gasteiger partial charge in [-0.1, -0.05) is 6.07 Å². The van der Waals surface area contributed by atoms with E-state index in [0.717, 1.165) is 30.1 Å². The number of halogens is 1. The van der Waals surface area contributed by atoms with E-state index >= 15 is 0 Å². The van der Waals surface area contributed by atoms with Gasteiger partial charge in [-0.05, 0) is 48.7 Å². The number of benzene rings is 2. The van der Waals surface area contributed by atoms with E-state index in [1.807, 2.05) is 36.4 Å². The Morgan fingerprint density at radius 2 is 2.04 bits per heavy atom. The highest BCUT2D eigenvalue weighted by Gasteiger charge is 2.33. The molecule has 0 spiro atoms. The maximum atomic E-state index is 14.2. The number of nitrogens with zero attached hydrogens (tertiary/aromatic N) is 3. The molecule has 4 rings (SSSR count). The zero-order valence-corrected chi connectivity index (χ0v) is 15.4. The number of hydrogen-bond acceptors (Lipinski definition) is 5. The van der Waals surface area contributed by atoms with Crippen LogP contribution in [0.1, 0.15) is 12.0 Å². The Bertz CT molecular complexity index is 1040. The van der Waals surface area contributed by atoms with Gasteiger partial charge in [0.2, 0.25) is 0 Å². The third kappa shape index (κ3) is 3.55. The summed E-state index contributed by atoms with van der Waals surface area (Å²) in [7, 11) is 1.61. The third-order valence-corrected chi connectivity index (χ3v) is 4.93. The van der Waals surface area contributed by atoms with Crippen molar-refractivity contribution in [1.82, 2.24) is 9.78 Å². The van der Waals surface area contributed by atoms with Gasteiger partial charge in [-0.15, -0.1) is 5.10 Å². The molecule has 0 saturated heterocycles. The lowest BCUT2D eigenvalue weighted by Gasteiger charge is -2.09. The lowest BCUT2D eigenvalue weighted by Crippen LogP contribution is -2.11. The van der Waals surface area contributed by atoms with Gasteiger partial charge >= 0.3 is 0 Å². The second-order valence-electron chi connectivity index (χ2n) is 6.87. The highest BCUT2D eigenvalue weighted by Crippen LogP contribution is 2.30. The Morgan fingerprint density at radius 3 is 2.64 bits per heavy atom. The zero-order valence-electron chi connectivity index (χ0n) is 15.4. The van der Waals surface area contributed by atoms with E-state index in [1.165, 1.54) is 12.1 Å². The van der Waals surface area contributed by atoms with Crippen molar-refractivity contribution in [3.05, 3.63) is 59.9 Å². The Morgan fingerprint density at radius 1 is 1.29 bits per heavy atom. The third-order valence-electron chi connectivity index (χ3n) is 4.93. The minimum atomic E-state index is -0.555. The van der Waals surface area contributed by atoms with Crippen LogP contribution in [0.15, 0.2) is 48.5 Å². The lowest BCUT2D eigenvalue weighted by atomic mass is 10.1. The van der Waals surface area contributed by atoms with E-state index < -0.39 is 5.82 Å². The average Bonchev–Trinajstić information content (AvgIpc) is 3.26. The molecule has 28 heavy (non-hydrogen) atoms. The molecule has 1 fully saturated rings. The molecule has 1 heterocycles. The number of rotatable bonds is 6. The van der Waals surface area contributed by atoms with Gasteiger partial charge in [0.25, 0.3) is 0 Å². The molecule has 7 heteroatoms. The van der Waals surface area contributed by atoms with Gasteiger partial charge in [0.05, 0.1) is 24.1 Å². The van der Waals surface area contributed by atoms with Crippen molar-refractivity contribution in [3.8, 4) is 28.8 Å². The summed E-state index contributed by atoms with van der Waals surface area (Å²) in [6.07, 6.45) is 1.01. The number of nitriles is 1. The summed E-state index contributed by atoms with van der Waals surface area (Å²) in [5.74, 6) is 1.33. The SMILES string of the molecule is COc1ccc(-n2nc(NCC3CC3N)cc2-c2ccc(C#N)c(F)c2)cc1. The number of nitrogens with two attached hydrogens (primary N) is 1. The Balaban J connectivity index is 1.72. The number of anilines is 1. The van der Waals surface area contributed by atoms with E-state index in [1.54, 1.807) is 17.9 Å². The molecule has 2 unspecified atom stereocenters. The Labute approximate surface area is 162 Å². The summed E-state index contributed by atoms with van der Waals surface area (Å²) >= 11 is 0. The molecule has 0 bridgehead atoms. The van der Waals surface area contributed by atoms with E-state index in [2.05, 4.69) is 10.4 Å². The van der Waals surface area contributed by atoms with Gasteiger partial charge in [0.15, 0.2) is 0 Å². The number of methoxy groups -OCH3 is 1. The van der Waals surface area contributed by atoms with Gasteiger partial charge in [0, 0.05) is 24.2 Å². The maximum absolute atomic E-state index is 14.2. The lowest BCUT2D eigenvalue weighted by molar-refractivity contribution is 0.414. The summed E-state index contributed by atoms with van der Waals surface area (Å²) in [5.41, 5.74) is 8.06. The predicted molar refractivity (Wildman–Crippen MR) is 105 cm³/mol.